The van der Waals surface area contributed by atoms with E-state index < -0.39 is 17.6 Å². The van der Waals surface area contributed by atoms with Crippen LogP contribution in [0.4, 0.5) is 8.78 Å². The topological polar surface area (TPSA) is 39.2 Å². The van der Waals surface area contributed by atoms with Crippen molar-refractivity contribution in [3.8, 4) is 0 Å². The zero-order chi connectivity index (χ0) is 12.2. The predicted molar refractivity (Wildman–Crippen MR) is 54.1 cm³/mol. The Morgan fingerprint density at radius 1 is 1.44 bits per heavy atom. The quantitative estimate of drug-likeness (QED) is 0.743. The van der Waals surface area contributed by atoms with Crippen molar-refractivity contribution in [2.24, 2.45) is 0 Å². The van der Waals surface area contributed by atoms with Crippen molar-refractivity contribution in [1.29, 1.82) is 0 Å². The lowest BCUT2D eigenvalue weighted by molar-refractivity contribution is -0.173. The van der Waals surface area contributed by atoms with Gasteiger partial charge in [-0.25, -0.2) is 4.79 Å². The Balaban J connectivity index is 2.93. The number of halogens is 2. The molecule has 0 N–H and O–H groups in total. The maximum atomic E-state index is 13.4. The van der Waals surface area contributed by atoms with Gasteiger partial charge in [0.05, 0.1) is 6.61 Å². The largest absolute Gasteiger partial charge is 0.461 e. The molecule has 0 amide bonds. The normalized spacial score (nSPS) is 11.2. The van der Waals surface area contributed by atoms with Crippen LogP contribution in [0.15, 0.2) is 18.3 Å². The van der Waals surface area contributed by atoms with Crippen molar-refractivity contribution in [2.75, 3.05) is 6.61 Å². The molecule has 0 aliphatic heterocycles. The first-order valence-corrected chi connectivity index (χ1v) is 5.02. The van der Waals surface area contributed by atoms with Crippen LogP contribution in [0.2, 0.25) is 0 Å². The average Bonchev–Trinajstić information content (AvgIpc) is 2.29. The lowest BCUT2D eigenvalue weighted by Gasteiger charge is -2.13. The third kappa shape index (κ3) is 2.53. The molecule has 0 spiro atoms. The summed E-state index contributed by atoms with van der Waals surface area (Å²) in [6.07, 6.45) is 2.04. The first-order valence-electron chi connectivity index (χ1n) is 5.02. The Morgan fingerprint density at radius 3 is 2.56 bits per heavy atom. The number of hydrogen-bond donors (Lipinski definition) is 0. The number of esters is 1. The Bertz CT molecular complexity index is 363. The van der Waals surface area contributed by atoms with Gasteiger partial charge in [0, 0.05) is 6.20 Å². The number of carbonyl (C=O) groups is 1. The smallest absolute Gasteiger partial charge is 0.384 e. The number of rotatable bonds is 4. The molecule has 0 unspecified atom stereocenters. The Hall–Kier alpha value is -1.52. The van der Waals surface area contributed by atoms with Crippen molar-refractivity contribution < 1.29 is 18.3 Å². The molecular formula is C11H13F2NO2. The van der Waals surface area contributed by atoms with Crippen molar-refractivity contribution in [2.45, 2.75) is 26.2 Å². The number of aromatic nitrogens is 1. The second kappa shape index (κ2) is 5.01. The fourth-order valence-electron chi connectivity index (χ4n) is 1.15. The summed E-state index contributed by atoms with van der Waals surface area (Å²) in [4.78, 5) is 14.6. The van der Waals surface area contributed by atoms with Crippen molar-refractivity contribution in [3.63, 3.8) is 0 Å². The number of nitrogens with zero attached hydrogens (tertiary/aromatic N) is 1. The van der Waals surface area contributed by atoms with E-state index in [2.05, 4.69) is 9.72 Å². The average molecular weight is 229 g/mol. The van der Waals surface area contributed by atoms with E-state index in [0.29, 0.717) is 6.42 Å². The van der Waals surface area contributed by atoms with Gasteiger partial charge < -0.3 is 4.74 Å². The van der Waals surface area contributed by atoms with Gasteiger partial charge in [0.25, 0.3) is 0 Å². The molecular weight excluding hydrogens is 216 g/mol. The predicted octanol–water partition coefficient (Wildman–Crippen LogP) is 2.30. The third-order valence-electron chi connectivity index (χ3n) is 2.09. The molecule has 88 valence electrons. The lowest BCUT2D eigenvalue weighted by Crippen LogP contribution is -2.29. The summed E-state index contributed by atoms with van der Waals surface area (Å²) < 4.78 is 31.2. The van der Waals surface area contributed by atoms with Gasteiger partial charge in [0.2, 0.25) is 0 Å². The van der Waals surface area contributed by atoms with Gasteiger partial charge in [-0.3, -0.25) is 4.98 Å². The van der Waals surface area contributed by atoms with Crippen LogP contribution in [0.3, 0.4) is 0 Å². The Labute approximate surface area is 92.4 Å². The van der Waals surface area contributed by atoms with Crippen LogP contribution in [0, 0.1) is 0 Å². The molecule has 5 heteroatoms. The minimum atomic E-state index is -3.68. The van der Waals surface area contributed by atoms with Crippen LogP contribution in [-0.2, 0) is 21.9 Å². The molecule has 1 aromatic rings. The zero-order valence-corrected chi connectivity index (χ0v) is 9.17. The maximum absolute atomic E-state index is 13.4. The fraction of sp³-hybridized carbons (Fsp3) is 0.455. The van der Waals surface area contributed by atoms with Crippen LogP contribution >= 0.6 is 0 Å². The molecule has 0 saturated carbocycles. The van der Waals surface area contributed by atoms with E-state index in [4.69, 9.17) is 0 Å². The van der Waals surface area contributed by atoms with Gasteiger partial charge in [-0.15, -0.1) is 0 Å². The molecule has 3 nitrogen and oxygen atoms in total. The number of ether oxygens (including phenoxy) is 1. The van der Waals surface area contributed by atoms with Crippen LogP contribution in [0.5, 0.6) is 0 Å². The van der Waals surface area contributed by atoms with Crippen LogP contribution in [0.25, 0.3) is 0 Å². The highest BCUT2D eigenvalue weighted by molar-refractivity contribution is 5.78. The molecule has 16 heavy (non-hydrogen) atoms. The summed E-state index contributed by atoms with van der Waals surface area (Å²) in [5, 5.41) is 0. The monoisotopic (exact) mass is 229 g/mol. The van der Waals surface area contributed by atoms with Crippen LogP contribution in [0.1, 0.15) is 25.1 Å². The minimum absolute atomic E-state index is 0.0819. The lowest BCUT2D eigenvalue weighted by atomic mass is 10.1. The number of hydrogen-bond acceptors (Lipinski definition) is 3. The van der Waals surface area contributed by atoms with E-state index in [-0.39, 0.29) is 6.61 Å². The fourth-order valence-corrected chi connectivity index (χ4v) is 1.15. The van der Waals surface area contributed by atoms with Gasteiger partial charge in [0.15, 0.2) is 0 Å². The summed E-state index contributed by atoms with van der Waals surface area (Å²) >= 11 is 0. The van der Waals surface area contributed by atoms with Crippen LogP contribution < -0.4 is 0 Å². The number of carbonyl (C=O) groups excluding carboxylic acids is 1. The van der Waals surface area contributed by atoms with Crippen LogP contribution in [-0.4, -0.2) is 17.6 Å². The van der Waals surface area contributed by atoms with Gasteiger partial charge in [-0.05, 0) is 25.0 Å². The first-order chi connectivity index (χ1) is 7.52. The number of aryl methyl sites for hydroxylation is 1. The van der Waals surface area contributed by atoms with E-state index >= 15 is 0 Å². The van der Waals surface area contributed by atoms with Gasteiger partial charge in [0.1, 0.15) is 5.69 Å². The molecule has 0 aliphatic carbocycles. The Morgan fingerprint density at radius 2 is 2.12 bits per heavy atom. The highest BCUT2D eigenvalue weighted by Gasteiger charge is 2.44. The van der Waals surface area contributed by atoms with E-state index in [0.717, 1.165) is 11.6 Å². The van der Waals surface area contributed by atoms with E-state index in [1.807, 2.05) is 6.92 Å². The molecule has 0 radical (unpaired) electrons. The minimum Gasteiger partial charge on any atom is -0.461 e. The standard InChI is InChI=1S/C11H13F2NO2/c1-3-8-5-6-9(14-7-8)11(12,13)10(15)16-4-2/h5-7H,3-4H2,1-2H3. The Kier molecular flexibility index (Phi) is 3.93. The molecule has 1 heterocycles. The maximum Gasteiger partial charge on any atom is 0.384 e. The van der Waals surface area contributed by atoms with Crippen molar-refractivity contribution >= 4 is 5.97 Å². The summed E-state index contributed by atoms with van der Waals surface area (Å²) in [6, 6.07) is 2.67. The van der Waals surface area contributed by atoms with E-state index in [9.17, 15) is 13.6 Å². The molecule has 0 atom stereocenters. The summed E-state index contributed by atoms with van der Waals surface area (Å²) in [6.45, 7) is 3.28. The second-order valence-electron chi connectivity index (χ2n) is 3.20. The van der Waals surface area contributed by atoms with Gasteiger partial charge >= 0.3 is 11.9 Å². The molecule has 0 saturated heterocycles. The number of pyridine rings is 1. The number of alkyl halides is 2. The summed E-state index contributed by atoms with van der Waals surface area (Å²) in [5.41, 5.74) is 0.256. The van der Waals surface area contributed by atoms with E-state index in [1.165, 1.54) is 19.2 Å². The first kappa shape index (κ1) is 12.5. The highest BCUT2D eigenvalue weighted by atomic mass is 19.3. The third-order valence-corrected chi connectivity index (χ3v) is 2.09. The van der Waals surface area contributed by atoms with Gasteiger partial charge in [-0.1, -0.05) is 13.0 Å². The molecule has 1 rings (SSSR count). The highest BCUT2D eigenvalue weighted by Crippen LogP contribution is 2.27. The van der Waals surface area contributed by atoms with Gasteiger partial charge in [-0.2, -0.15) is 8.78 Å². The molecule has 0 aliphatic rings. The molecule has 0 aromatic carbocycles. The molecule has 1 aromatic heterocycles. The molecule has 0 fully saturated rings. The van der Waals surface area contributed by atoms with Crippen molar-refractivity contribution in [3.05, 3.63) is 29.6 Å². The second-order valence-corrected chi connectivity index (χ2v) is 3.20. The SMILES string of the molecule is CCOC(=O)C(F)(F)c1ccc(CC)cn1. The van der Waals surface area contributed by atoms with Crippen molar-refractivity contribution in [1.82, 2.24) is 4.98 Å². The summed E-state index contributed by atoms with van der Waals surface area (Å²) in [7, 11) is 0. The zero-order valence-electron chi connectivity index (χ0n) is 9.17. The molecule has 0 bridgehead atoms. The van der Waals surface area contributed by atoms with E-state index in [1.54, 1.807) is 0 Å². The summed E-state index contributed by atoms with van der Waals surface area (Å²) in [5.74, 6) is -5.24.